The molecular weight excluding hydrogens is 142 g/mol. The van der Waals surface area contributed by atoms with Gasteiger partial charge >= 0.3 is 0 Å². The Kier molecular flexibility index (Phi) is 2.52. The molecule has 66 valence electrons. The third kappa shape index (κ3) is 2.15. The fourth-order valence-corrected chi connectivity index (χ4v) is 1.10. The zero-order chi connectivity index (χ0) is 8.48. The molecule has 0 aromatic heterocycles. The van der Waals surface area contributed by atoms with Gasteiger partial charge in [0, 0.05) is 19.1 Å². The van der Waals surface area contributed by atoms with Crippen LogP contribution in [0.1, 0.15) is 20.8 Å². The van der Waals surface area contributed by atoms with Crippen molar-refractivity contribution < 1.29 is 9.47 Å². The third-order valence-electron chi connectivity index (χ3n) is 1.81. The SMILES string of the molecule is COC1CNC(C(C)(C)C)O1. The Balaban J connectivity index is 2.42. The zero-order valence-corrected chi connectivity index (χ0v) is 7.68. The number of ether oxygens (including phenoxy) is 2. The minimum Gasteiger partial charge on any atom is -0.354 e. The van der Waals surface area contributed by atoms with Crippen molar-refractivity contribution in [2.24, 2.45) is 5.41 Å². The van der Waals surface area contributed by atoms with Crippen LogP contribution in [0.25, 0.3) is 0 Å². The Bertz CT molecular complexity index is 131. The maximum Gasteiger partial charge on any atom is 0.171 e. The molecule has 1 aliphatic heterocycles. The number of hydrogen-bond donors (Lipinski definition) is 1. The maximum absolute atomic E-state index is 5.54. The topological polar surface area (TPSA) is 30.5 Å². The van der Waals surface area contributed by atoms with E-state index in [0.29, 0.717) is 0 Å². The van der Waals surface area contributed by atoms with Crippen molar-refractivity contribution in [3.63, 3.8) is 0 Å². The third-order valence-corrected chi connectivity index (χ3v) is 1.81. The first kappa shape index (κ1) is 8.97. The van der Waals surface area contributed by atoms with E-state index in [2.05, 4.69) is 26.1 Å². The molecule has 2 atom stereocenters. The van der Waals surface area contributed by atoms with Gasteiger partial charge in [0.05, 0.1) is 0 Å². The zero-order valence-electron chi connectivity index (χ0n) is 7.68. The highest BCUT2D eigenvalue weighted by Gasteiger charge is 2.33. The smallest absolute Gasteiger partial charge is 0.171 e. The lowest BCUT2D eigenvalue weighted by atomic mass is 9.95. The van der Waals surface area contributed by atoms with Crippen LogP contribution in [-0.4, -0.2) is 26.2 Å². The van der Waals surface area contributed by atoms with Gasteiger partial charge < -0.3 is 9.47 Å². The molecule has 11 heavy (non-hydrogen) atoms. The van der Waals surface area contributed by atoms with E-state index in [9.17, 15) is 0 Å². The van der Waals surface area contributed by atoms with E-state index in [0.717, 1.165) is 6.54 Å². The number of rotatable bonds is 1. The molecule has 1 N–H and O–H groups in total. The van der Waals surface area contributed by atoms with Crippen molar-refractivity contribution in [3.8, 4) is 0 Å². The molecule has 0 aliphatic carbocycles. The second kappa shape index (κ2) is 3.09. The summed E-state index contributed by atoms with van der Waals surface area (Å²) in [7, 11) is 1.66. The van der Waals surface area contributed by atoms with E-state index in [1.54, 1.807) is 7.11 Å². The van der Waals surface area contributed by atoms with Crippen molar-refractivity contribution in [1.29, 1.82) is 0 Å². The fraction of sp³-hybridized carbons (Fsp3) is 1.00. The molecule has 0 saturated carbocycles. The monoisotopic (exact) mass is 159 g/mol. The summed E-state index contributed by atoms with van der Waals surface area (Å²) in [5.41, 5.74) is 0.146. The number of nitrogens with one attached hydrogen (secondary N) is 1. The van der Waals surface area contributed by atoms with Gasteiger partial charge in [-0.25, -0.2) is 0 Å². The highest BCUT2D eigenvalue weighted by Crippen LogP contribution is 2.24. The Labute approximate surface area is 68.1 Å². The van der Waals surface area contributed by atoms with Gasteiger partial charge in [-0.2, -0.15) is 0 Å². The van der Waals surface area contributed by atoms with E-state index >= 15 is 0 Å². The van der Waals surface area contributed by atoms with Gasteiger partial charge in [0.25, 0.3) is 0 Å². The first-order chi connectivity index (χ1) is 5.04. The Morgan fingerprint density at radius 3 is 2.36 bits per heavy atom. The minimum absolute atomic E-state index is 0.0702. The van der Waals surface area contributed by atoms with Crippen LogP contribution < -0.4 is 5.32 Å². The highest BCUT2D eigenvalue weighted by atomic mass is 16.7. The van der Waals surface area contributed by atoms with Crippen molar-refractivity contribution in [2.75, 3.05) is 13.7 Å². The molecule has 0 aromatic carbocycles. The van der Waals surface area contributed by atoms with Crippen LogP contribution in [0.3, 0.4) is 0 Å². The quantitative estimate of drug-likeness (QED) is 0.618. The van der Waals surface area contributed by atoms with Crippen molar-refractivity contribution in [3.05, 3.63) is 0 Å². The first-order valence-electron chi connectivity index (χ1n) is 3.95. The lowest BCUT2D eigenvalue weighted by Gasteiger charge is -2.26. The molecule has 3 heteroatoms. The Hall–Kier alpha value is -0.120. The van der Waals surface area contributed by atoms with Gasteiger partial charge in [0.1, 0.15) is 6.23 Å². The molecule has 3 nitrogen and oxygen atoms in total. The van der Waals surface area contributed by atoms with E-state index in [-0.39, 0.29) is 17.9 Å². The molecule has 0 spiro atoms. The average molecular weight is 159 g/mol. The highest BCUT2D eigenvalue weighted by molar-refractivity contribution is 4.78. The normalized spacial score (nSPS) is 32.7. The van der Waals surface area contributed by atoms with Crippen LogP contribution in [0.15, 0.2) is 0 Å². The lowest BCUT2D eigenvalue weighted by molar-refractivity contribution is -0.134. The summed E-state index contributed by atoms with van der Waals surface area (Å²) in [6, 6.07) is 0. The summed E-state index contributed by atoms with van der Waals surface area (Å²) in [6.45, 7) is 7.21. The summed E-state index contributed by atoms with van der Waals surface area (Å²) < 4.78 is 10.6. The summed E-state index contributed by atoms with van der Waals surface area (Å²) in [4.78, 5) is 0. The molecule has 1 fully saturated rings. The molecule has 0 bridgehead atoms. The van der Waals surface area contributed by atoms with Gasteiger partial charge in [0.2, 0.25) is 0 Å². The minimum atomic E-state index is -0.0702. The number of hydrogen-bond acceptors (Lipinski definition) is 3. The molecule has 1 aliphatic rings. The van der Waals surface area contributed by atoms with E-state index in [4.69, 9.17) is 9.47 Å². The Morgan fingerprint density at radius 1 is 1.45 bits per heavy atom. The molecule has 1 rings (SSSR count). The Morgan fingerprint density at radius 2 is 2.09 bits per heavy atom. The lowest BCUT2D eigenvalue weighted by Crippen LogP contribution is -2.36. The predicted octanol–water partition coefficient (Wildman–Crippen LogP) is 0.951. The van der Waals surface area contributed by atoms with Gasteiger partial charge in [0.15, 0.2) is 6.29 Å². The molecular formula is C8H17NO2. The van der Waals surface area contributed by atoms with Crippen LogP contribution >= 0.6 is 0 Å². The van der Waals surface area contributed by atoms with E-state index in [1.807, 2.05) is 0 Å². The molecule has 1 saturated heterocycles. The first-order valence-corrected chi connectivity index (χ1v) is 3.95. The standard InChI is InChI=1S/C8H17NO2/c1-8(2,3)7-9-5-6(10-4)11-7/h6-7,9H,5H2,1-4H3. The molecule has 0 radical (unpaired) electrons. The summed E-state index contributed by atoms with van der Waals surface area (Å²) in [5.74, 6) is 0. The summed E-state index contributed by atoms with van der Waals surface area (Å²) >= 11 is 0. The van der Waals surface area contributed by atoms with Crippen molar-refractivity contribution in [2.45, 2.75) is 33.3 Å². The van der Waals surface area contributed by atoms with Crippen LogP contribution in [0.2, 0.25) is 0 Å². The van der Waals surface area contributed by atoms with E-state index < -0.39 is 0 Å². The average Bonchev–Trinajstić information content (AvgIpc) is 2.32. The largest absolute Gasteiger partial charge is 0.354 e. The molecule has 1 heterocycles. The van der Waals surface area contributed by atoms with E-state index in [1.165, 1.54) is 0 Å². The second-order valence-corrected chi connectivity index (χ2v) is 3.96. The van der Waals surface area contributed by atoms with Gasteiger partial charge in [-0.15, -0.1) is 0 Å². The fourth-order valence-electron chi connectivity index (χ4n) is 1.10. The van der Waals surface area contributed by atoms with Crippen LogP contribution in [0, 0.1) is 5.41 Å². The van der Waals surface area contributed by atoms with Crippen molar-refractivity contribution >= 4 is 0 Å². The summed E-state index contributed by atoms with van der Waals surface area (Å²) in [5, 5.41) is 3.25. The van der Waals surface area contributed by atoms with Gasteiger partial charge in [-0.05, 0) is 0 Å². The molecule has 2 unspecified atom stereocenters. The molecule has 0 aromatic rings. The van der Waals surface area contributed by atoms with Crippen LogP contribution in [-0.2, 0) is 9.47 Å². The van der Waals surface area contributed by atoms with Crippen LogP contribution in [0.5, 0.6) is 0 Å². The maximum atomic E-state index is 5.54. The van der Waals surface area contributed by atoms with Gasteiger partial charge in [-0.1, -0.05) is 20.8 Å². The predicted molar refractivity (Wildman–Crippen MR) is 43.1 cm³/mol. The van der Waals surface area contributed by atoms with Crippen LogP contribution in [0.4, 0.5) is 0 Å². The van der Waals surface area contributed by atoms with Crippen molar-refractivity contribution in [1.82, 2.24) is 5.32 Å². The summed E-state index contributed by atoms with van der Waals surface area (Å²) in [6.07, 6.45) is 0.0478. The van der Waals surface area contributed by atoms with Gasteiger partial charge in [-0.3, -0.25) is 5.32 Å². The number of methoxy groups -OCH3 is 1. The second-order valence-electron chi connectivity index (χ2n) is 3.96. The molecule has 0 amide bonds.